The summed E-state index contributed by atoms with van der Waals surface area (Å²) in [5, 5.41) is 10.3. The Labute approximate surface area is 125 Å². The van der Waals surface area contributed by atoms with Gasteiger partial charge in [0.15, 0.2) is 0 Å². The summed E-state index contributed by atoms with van der Waals surface area (Å²) in [5.74, 6) is 2.09. The van der Waals surface area contributed by atoms with Crippen molar-refractivity contribution in [2.75, 3.05) is 35.7 Å². The number of rotatable bonds is 8. The highest BCUT2D eigenvalue weighted by atomic mass is 32.2. The van der Waals surface area contributed by atoms with Gasteiger partial charge >= 0.3 is 0 Å². The topological polar surface area (TPSA) is 97.6 Å². The molecule has 1 unspecified atom stereocenters. The summed E-state index contributed by atoms with van der Waals surface area (Å²) in [6.07, 6.45) is 5.93. The van der Waals surface area contributed by atoms with Crippen LogP contribution in [0.2, 0.25) is 0 Å². The van der Waals surface area contributed by atoms with Gasteiger partial charge in [0, 0.05) is 48.3 Å². The molecule has 114 valence electrons. The Bertz CT molecular complexity index is 587. The Balaban J connectivity index is 2.10. The molecule has 1 atom stereocenters. The van der Waals surface area contributed by atoms with E-state index in [2.05, 4.69) is 30.7 Å². The predicted molar refractivity (Wildman–Crippen MR) is 83.2 cm³/mol. The molecule has 2 heterocycles. The zero-order chi connectivity index (χ0) is 15.1. The second-order valence-corrected chi connectivity index (χ2v) is 5.88. The Morgan fingerprint density at radius 1 is 1.24 bits per heavy atom. The Morgan fingerprint density at radius 3 is 2.62 bits per heavy atom. The first-order chi connectivity index (χ1) is 10.2. The zero-order valence-electron chi connectivity index (χ0n) is 12.1. The Morgan fingerprint density at radius 2 is 2.00 bits per heavy atom. The van der Waals surface area contributed by atoms with E-state index in [1.165, 1.54) is 0 Å². The van der Waals surface area contributed by atoms with E-state index in [1.54, 1.807) is 29.4 Å². The van der Waals surface area contributed by atoms with Crippen molar-refractivity contribution in [3.8, 4) is 5.95 Å². The van der Waals surface area contributed by atoms with Gasteiger partial charge in [0.25, 0.3) is 5.95 Å². The summed E-state index contributed by atoms with van der Waals surface area (Å²) < 4.78 is 12.6. The van der Waals surface area contributed by atoms with E-state index in [-0.39, 0.29) is 0 Å². The highest BCUT2D eigenvalue weighted by Crippen LogP contribution is 2.08. The van der Waals surface area contributed by atoms with Crippen LogP contribution in [0, 0.1) is 0 Å². The first-order valence-corrected chi connectivity index (χ1v) is 8.45. The molecule has 0 spiro atoms. The summed E-state index contributed by atoms with van der Waals surface area (Å²) in [7, 11) is -0.779. The van der Waals surface area contributed by atoms with E-state index in [0.29, 0.717) is 30.1 Å². The smallest absolute Gasteiger partial charge is 0.257 e. The normalized spacial score (nSPS) is 12.1. The van der Waals surface area contributed by atoms with Gasteiger partial charge in [0.2, 0.25) is 11.9 Å². The maximum atomic E-state index is 11.0. The highest BCUT2D eigenvalue weighted by molar-refractivity contribution is 7.84. The molecule has 0 fully saturated rings. The van der Waals surface area contributed by atoms with Gasteiger partial charge in [-0.05, 0) is 19.4 Å². The third-order valence-electron chi connectivity index (χ3n) is 2.56. The van der Waals surface area contributed by atoms with E-state index in [0.717, 1.165) is 13.0 Å². The number of aromatic nitrogens is 5. The van der Waals surface area contributed by atoms with Crippen LogP contribution in [0.1, 0.15) is 13.3 Å². The van der Waals surface area contributed by atoms with Crippen molar-refractivity contribution in [1.82, 2.24) is 24.7 Å². The molecule has 2 aromatic rings. The SMILES string of the molecule is CCNc1nc(NCCCS(C)=O)nc(-n2cccn2)n1. The third kappa shape index (κ3) is 4.78. The van der Waals surface area contributed by atoms with Crippen molar-refractivity contribution in [2.45, 2.75) is 13.3 Å². The summed E-state index contributed by atoms with van der Waals surface area (Å²) in [4.78, 5) is 12.9. The van der Waals surface area contributed by atoms with Crippen molar-refractivity contribution in [3.05, 3.63) is 18.5 Å². The molecule has 0 radical (unpaired) electrons. The van der Waals surface area contributed by atoms with E-state index < -0.39 is 10.8 Å². The van der Waals surface area contributed by atoms with Gasteiger partial charge in [-0.2, -0.15) is 20.1 Å². The number of anilines is 2. The second kappa shape index (κ2) is 7.67. The Kier molecular flexibility index (Phi) is 5.61. The largest absolute Gasteiger partial charge is 0.354 e. The van der Waals surface area contributed by atoms with E-state index in [9.17, 15) is 4.21 Å². The lowest BCUT2D eigenvalue weighted by Crippen LogP contribution is -2.14. The lowest BCUT2D eigenvalue weighted by atomic mass is 10.5. The van der Waals surface area contributed by atoms with Crippen molar-refractivity contribution < 1.29 is 4.21 Å². The lowest BCUT2D eigenvalue weighted by Gasteiger charge is -2.09. The summed E-state index contributed by atoms with van der Waals surface area (Å²) in [5.41, 5.74) is 0. The fourth-order valence-electron chi connectivity index (χ4n) is 1.65. The van der Waals surface area contributed by atoms with E-state index in [4.69, 9.17) is 0 Å². The van der Waals surface area contributed by atoms with Gasteiger partial charge < -0.3 is 10.6 Å². The minimum atomic E-state index is -0.779. The highest BCUT2D eigenvalue weighted by Gasteiger charge is 2.07. The van der Waals surface area contributed by atoms with E-state index in [1.807, 2.05) is 6.92 Å². The van der Waals surface area contributed by atoms with Crippen LogP contribution in [0.3, 0.4) is 0 Å². The molecular formula is C12H19N7OS. The second-order valence-electron chi connectivity index (χ2n) is 4.32. The summed E-state index contributed by atoms with van der Waals surface area (Å²) in [6, 6.07) is 1.81. The molecule has 0 aromatic carbocycles. The molecule has 0 amide bonds. The van der Waals surface area contributed by atoms with Crippen molar-refractivity contribution in [3.63, 3.8) is 0 Å². The number of nitrogens with zero attached hydrogens (tertiary/aromatic N) is 5. The average molecular weight is 309 g/mol. The molecule has 8 nitrogen and oxygen atoms in total. The fraction of sp³-hybridized carbons (Fsp3) is 0.500. The summed E-state index contributed by atoms with van der Waals surface area (Å²) >= 11 is 0. The van der Waals surface area contributed by atoms with Gasteiger partial charge in [-0.25, -0.2) is 4.68 Å². The van der Waals surface area contributed by atoms with Gasteiger partial charge in [-0.3, -0.25) is 4.21 Å². The average Bonchev–Trinajstić information content (AvgIpc) is 2.98. The molecule has 0 aliphatic heterocycles. The number of hydrogen-bond donors (Lipinski definition) is 2. The lowest BCUT2D eigenvalue weighted by molar-refractivity contribution is 0.685. The molecule has 9 heteroatoms. The van der Waals surface area contributed by atoms with Gasteiger partial charge in [0.1, 0.15) is 0 Å². The van der Waals surface area contributed by atoms with Crippen LogP contribution in [-0.4, -0.2) is 54.0 Å². The summed E-state index contributed by atoms with van der Waals surface area (Å²) in [6.45, 7) is 3.35. The molecule has 2 N–H and O–H groups in total. The zero-order valence-corrected chi connectivity index (χ0v) is 12.9. The maximum absolute atomic E-state index is 11.0. The molecule has 0 bridgehead atoms. The Hall–Kier alpha value is -2.03. The van der Waals surface area contributed by atoms with Gasteiger partial charge in [0.05, 0.1) is 0 Å². The predicted octanol–water partition coefficient (Wildman–Crippen LogP) is 0.670. The quantitative estimate of drug-likeness (QED) is 0.692. The van der Waals surface area contributed by atoms with Crippen LogP contribution in [0.5, 0.6) is 0 Å². The first-order valence-electron chi connectivity index (χ1n) is 6.73. The first kappa shape index (κ1) is 15.4. The fourth-order valence-corrected chi connectivity index (χ4v) is 2.20. The van der Waals surface area contributed by atoms with Crippen molar-refractivity contribution >= 4 is 22.7 Å². The van der Waals surface area contributed by atoms with Crippen molar-refractivity contribution in [2.24, 2.45) is 0 Å². The number of hydrogen-bond acceptors (Lipinski definition) is 7. The number of nitrogens with one attached hydrogen (secondary N) is 2. The molecule has 21 heavy (non-hydrogen) atoms. The molecule has 0 aliphatic rings. The van der Waals surface area contributed by atoms with Crippen LogP contribution < -0.4 is 10.6 Å². The molecule has 0 saturated carbocycles. The van der Waals surface area contributed by atoms with Gasteiger partial charge in [-0.15, -0.1) is 0 Å². The molecular weight excluding hydrogens is 290 g/mol. The molecule has 2 aromatic heterocycles. The third-order valence-corrected chi connectivity index (χ3v) is 3.42. The van der Waals surface area contributed by atoms with Gasteiger partial charge in [-0.1, -0.05) is 0 Å². The standard InChI is InChI=1S/C12H19N7OS/c1-3-13-10-16-11(14-6-5-9-21(2)20)18-12(17-10)19-8-4-7-15-19/h4,7-8H,3,5-6,9H2,1-2H3,(H2,13,14,16,17,18). The van der Waals surface area contributed by atoms with Crippen LogP contribution >= 0.6 is 0 Å². The molecule has 2 rings (SSSR count). The van der Waals surface area contributed by atoms with Crippen LogP contribution in [0.15, 0.2) is 18.5 Å². The van der Waals surface area contributed by atoms with E-state index >= 15 is 0 Å². The molecule has 0 saturated heterocycles. The van der Waals surface area contributed by atoms with Crippen molar-refractivity contribution in [1.29, 1.82) is 0 Å². The monoisotopic (exact) mass is 309 g/mol. The minimum Gasteiger partial charge on any atom is -0.354 e. The molecule has 0 aliphatic carbocycles. The van der Waals surface area contributed by atoms with Crippen LogP contribution in [0.4, 0.5) is 11.9 Å². The maximum Gasteiger partial charge on any atom is 0.257 e. The minimum absolute atomic E-state index is 0.451. The van der Waals surface area contributed by atoms with Crippen LogP contribution in [0.25, 0.3) is 5.95 Å². The van der Waals surface area contributed by atoms with Crippen LogP contribution in [-0.2, 0) is 10.8 Å².